The van der Waals surface area contributed by atoms with Crippen LogP contribution in [-0.2, 0) is 21.7 Å². The molecule has 0 radical (unpaired) electrons. The lowest BCUT2D eigenvalue weighted by Gasteiger charge is -2.28. The summed E-state index contributed by atoms with van der Waals surface area (Å²) in [5.74, 6) is 0.617. The highest BCUT2D eigenvalue weighted by Crippen LogP contribution is 2.30. The number of amides is 1. The molecule has 0 bridgehead atoms. The molecule has 2 aromatic carbocycles. The van der Waals surface area contributed by atoms with Crippen LogP contribution in [0.3, 0.4) is 0 Å². The summed E-state index contributed by atoms with van der Waals surface area (Å²) in [5.41, 5.74) is 3.69. The predicted octanol–water partition coefficient (Wildman–Crippen LogP) is 5.76. The van der Waals surface area contributed by atoms with Crippen molar-refractivity contribution in [2.45, 2.75) is 16.5 Å². The van der Waals surface area contributed by atoms with Crippen LogP contribution in [-0.4, -0.2) is 37.2 Å². The average molecular weight is 494 g/mol. The van der Waals surface area contributed by atoms with Gasteiger partial charge < -0.3 is 15.0 Å². The van der Waals surface area contributed by atoms with Crippen LogP contribution >= 0.6 is 46.3 Å². The number of thioether (sulfide) groups is 1. The summed E-state index contributed by atoms with van der Waals surface area (Å²) in [5, 5.41) is 6.14. The number of halogens is 2. The highest BCUT2D eigenvalue weighted by Gasteiger charge is 2.12. The number of thiazole rings is 1. The van der Waals surface area contributed by atoms with Gasteiger partial charge in [-0.1, -0.05) is 41.0 Å². The molecule has 5 nitrogen and oxygen atoms in total. The summed E-state index contributed by atoms with van der Waals surface area (Å²) < 4.78 is 6.29. The van der Waals surface area contributed by atoms with E-state index in [0.717, 1.165) is 53.3 Å². The van der Waals surface area contributed by atoms with Crippen LogP contribution in [0.2, 0.25) is 10.0 Å². The Morgan fingerprint density at radius 1 is 1.16 bits per heavy atom. The number of morpholine rings is 1. The highest BCUT2D eigenvalue weighted by molar-refractivity contribution is 8.00. The van der Waals surface area contributed by atoms with Crippen LogP contribution in [0.4, 0.5) is 11.4 Å². The molecule has 3 aromatic rings. The number of aromatic nitrogens is 1. The van der Waals surface area contributed by atoms with Crippen molar-refractivity contribution < 1.29 is 9.53 Å². The zero-order chi connectivity index (χ0) is 21.6. The van der Waals surface area contributed by atoms with Crippen LogP contribution < -0.4 is 10.2 Å². The summed E-state index contributed by atoms with van der Waals surface area (Å²) in [6.07, 6.45) is 0.240. The number of nitrogens with zero attached hydrogens (tertiary/aromatic N) is 2. The Morgan fingerprint density at radius 3 is 2.68 bits per heavy atom. The van der Waals surface area contributed by atoms with Crippen molar-refractivity contribution in [3.8, 4) is 0 Å². The van der Waals surface area contributed by atoms with E-state index in [1.165, 1.54) is 11.3 Å². The lowest BCUT2D eigenvalue weighted by molar-refractivity contribution is -0.115. The van der Waals surface area contributed by atoms with Gasteiger partial charge in [0.1, 0.15) is 4.34 Å². The standard InChI is InChI=1S/C22H21Cl2N3O2S2/c23-16-2-1-15(20(24)11-16)13-30-22-26-18(14-31-22)12-21(28)25-17-3-5-19(6-4-17)27-7-9-29-10-8-27/h1-6,11,14H,7-10,12-13H2,(H,25,28). The maximum absolute atomic E-state index is 12.4. The van der Waals surface area contributed by atoms with E-state index in [0.29, 0.717) is 15.8 Å². The SMILES string of the molecule is O=C(Cc1csc(SCc2ccc(Cl)cc2Cl)n1)Nc1ccc(N2CCOCC2)cc1. The second-order valence-corrected chi connectivity index (χ2v) is 9.92. The van der Waals surface area contributed by atoms with E-state index in [4.69, 9.17) is 27.9 Å². The molecular formula is C22H21Cl2N3O2S2. The van der Waals surface area contributed by atoms with Gasteiger partial charge in [-0.15, -0.1) is 11.3 Å². The Morgan fingerprint density at radius 2 is 1.94 bits per heavy atom. The Kier molecular flexibility index (Phi) is 7.74. The number of benzene rings is 2. The molecule has 1 amide bonds. The van der Waals surface area contributed by atoms with Crippen molar-refractivity contribution in [3.05, 3.63) is 69.1 Å². The number of hydrogen-bond donors (Lipinski definition) is 1. The van der Waals surface area contributed by atoms with E-state index in [9.17, 15) is 4.79 Å². The first-order valence-corrected chi connectivity index (χ1v) is 12.4. The topological polar surface area (TPSA) is 54.5 Å². The van der Waals surface area contributed by atoms with E-state index in [1.807, 2.05) is 41.8 Å². The molecule has 0 saturated carbocycles. The van der Waals surface area contributed by atoms with Gasteiger partial charge in [-0.25, -0.2) is 4.98 Å². The monoisotopic (exact) mass is 493 g/mol. The van der Waals surface area contributed by atoms with Crippen molar-refractivity contribution in [1.29, 1.82) is 0 Å². The third-order valence-corrected chi connectivity index (χ3v) is 7.47. The fourth-order valence-electron chi connectivity index (χ4n) is 3.16. The molecule has 31 heavy (non-hydrogen) atoms. The second-order valence-electron chi connectivity index (χ2n) is 7.00. The third kappa shape index (κ3) is 6.37. The maximum atomic E-state index is 12.4. The predicted molar refractivity (Wildman–Crippen MR) is 130 cm³/mol. The van der Waals surface area contributed by atoms with E-state index in [-0.39, 0.29) is 12.3 Å². The zero-order valence-electron chi connectivity index (χ0n) is 16.6. The van der Waals surface area contributed by atoms with Crippen molar-refractivity contribution in [2.75, 3.05) is 36.5 Å². The van der Waals surface area contributed by atoms with Gasteiger partial charge in [-0.05, 0) is 42.0 Å². The summed E-state index contributed by atoms with van der Waals surface area (Å²) in [7, 11) is 0. The average Bonchev–Trinajstić information content (AvgIpc) is 3.21. The minimum atomic E-state index is -0.0817. The summed E-state index contributed by atoms with van der Waals surface area (Å²) in [6, 6.07) is 13.4. The molecule has 1 aromatic heterocycles. The molecule has 1 aliphatic rings. The Bertz CT molecular complexity index is 1040. The number of hydrogen-bond acceptors (Lipinski definition) is 6. The van der Waals surface area contributed by atoms with Gasteiger partial charge in [0.25, 0.3) is 0 Å². The number of ether oxygens (including phenoxy) is 1. The van der Waals surface area contributed by atoms with Crippen molar-refractivity contribution in [3.63, 3.8) is 0 Å². The molecule has 0 aliphatic carbocycles. The fourth-order valence-corrected chi connectivity index (χ4v) is 5.56. The zero-order valence-corrected chi connectivity index (χ0v) is 19.8. The van der Waals surface area contributed by atoms with Crippen molar-refractivity contribution in [2.24, 2.45) is 0 Å². The first-order chi connectivity index (χ1) is 15.1. The van der Waals surface area contributed by atoms with Gasteiger partial charge >= 0.3 is 0 Å². The first-order valence-electron chi connectivity index (χ1n) is 9.80. The number of anilines is 2. The molecule has 1 saturated heterocycles. The number of carbonyl (C=O) groups is 1. The van der Waals surface area contributed by atoms with Gasteiger partial charge in [-0.2, -0.15) is 0 Å². The smallest absolute Gasteiger partial charge is 0.230 e. The van der Waals surface area contributed by atoms with Crippen molar-refractivity contribution in [1.82, 2.24) is 4.98 Å². The van der Waals surface area contributed by atoms with Crippen LogP contribution in [0.5, 0.6) is 0 Å². The van der Waals surface area contributed by atoms with E-state index < -0.39 is 0 Å². The molecule has 0 atom stereocenters. The lowest BCUT2D eigenvalue weighted by atomic mass is 10.2. The Hall–Kier alpha value is -1.77. The van der Waals surface area contributed by atoms with Crippen molar-refractivity contribution >= 4 is 63.6 Å². The largest absolute Gasteiger partial charge is 0.378 e. The summed E-state index contributed by atoms with van der Waals surface area (Å²) in [6.45, 7) is 3.28. The fraction of sp³-hybridized carbons (Fsp3) is 0.273. The number of carbonyl (C=O) groups excluding carboxylic acids is 1. The molecule has 162 valence electrons. The maximum Gasteiger partial charge on any atom is 0.230 e. The minimum absolute atomic E-state index is 0.0817. The quantitative estimate of drug-likeness (QED) is 0.424. The van der Waals surface area contributed by atoms with E-state index in [1.54, 1.807) is 17.8 Å². The third-order valence-electron chi connectivity index (χ3n) is 4.77. The van der Waals surface area contributed by atoms with Gasteiger partial charge in [0.05, 0.1) is 25.3 Å². The molecule has 1 aliphatic heterocycles. The van der Waals surface area contributed by atoms with Crippen LogP contribution in [0.25, 0.3) is 0 Å². The molecular weight excluding hydrogens is 473 g/mol. The molecule has 1 fully saturated rings. The number of rotatable bonds is 7. The highest BCUT2D eigenvalue weighted by atomic mass is 35.5. The molecule has 0 spiro atoms. The summed E-state index contributed by atoms with van der Waals surface area (Å²) in [4.78, 5) is 19.3. The second kappa shape index (κ2) is 10.7. The molecule has 2 heterocycles. The van der Waals surface area contributed by atoms with Gasteiger partial charge in [0, 0.05) is 45.6 Å². The van der Waals surface area contributed by atoms with Crippen LogP contribution in [0, 0.1) is 0 Å². The Balaban J connectivity index is 1.27. The van der Waals surface area contributed by atoms with Gasteiger partial charge in [0.15, 0.2) is 0 Å². The number of nitrogens with one attached hydrogen (secondary N) is 1. The summed E-state index contributed by atoms with van der Waals surface area (Å²) >= 11 is 15.3. The van der Waals surface area contributed by atoms with Gasteiger partial charge in [0.2, 0.25) is 5.91 Å². The van der Waals surface area contributed by atoms with E-state index in [2.05, 4.69) is 15.2 Å². The van der Waals surface area contributed by atoms with Crippen LogP contribution in [0.1, 0.15) is 11.3 Å². The lowest BCUT2D eigenvalue weighted by Crippen LogP contribution is -2.36. The molecule has 1 N–H and O–H groups in total. The molecule has 0 unspecified atom stereocenters. The minimum Gasteiger partial charge on any atom is -0.378 e. The van der Waals surface area contributed by atoms with Crippen LogP contribution in [0.15, 0.2) is 52.2 Å². The first kappa shape index (κ1) is 22.4. The molecule has 9 heteroatoms. The Labute approximate surface area is 199 Å². The molecule has 4 rings (SSSR count). The van der Waals surface area contributed by atoms with Gasteiger partial charge in [-0.3, -0.25) is 4.79 Å². The van der Waals surface area contributed by atoms with E-state index >= 15 is 0 Å². The normalized spacial score (nSPS) is 13.9.